The number of hydrogen-bond acceptors (Lipinski definition) is 6. The van der Waals surface area contributed by atoms with E-state index >= 15 is 0 Å². The smallest absolute Gasteiger partial charge is 0.277 e. The normalized spacial score (nSPS) is 12.2. The number of nitrogens with one attached hydrogen (secondary N) is 3. The lowest BCUT2D eigenvalue weighted by Crippen LogP contribution is -3.04. The first kappa shape index (κ1) is 18.4. The Bertz CT molecular complexity index is 492. The summed E-state index contributed by atoms with van der Waals surface area (Å²) in [5.74, 6) is 0.230. The van der Waals surface area contributed by atoms with Crippen molar-refractivity contribution in [2.75, 3.05) is 26.4 Å². The van der Waals surface area contributed by atoms with E-state index in [0.717, 1.165) is 18.2 Å². The van der Waals surface area contributed by atoms with Gasteiger partial charge in [-0.2, -0.15) is 0 Å². The molecule has 9 heteroatoms. The van der Waals surface area contributed by atoms with E-state index in [1.807, 2.05) is 21.0 Å². The highest BCUT2D eigenvalue weighted by atomic mass is 32.2. The summed E-state index contributed by atoms with van der Waals surface area (Å²) in [4.78, 5) is 24.6. The standard InChI is InChI=1S/C13H23N5O3S/c1-5-6-14-12(20)9(2)15-10(19)8-22-13-17-16-11(21-13)7-18(3)4/h9H,5-8H2,1-4H3,(H,14,20)(H,15,19)/p+1/t9-/m1/s1. The molecule has 0 unspecified atom stereocenters. The molecule has 124 valence electrons. The number of amides is 2. The summed E-state index contributed by atoms with van der Waals surface area (Å²) in [5, 5.41) is 13.5. The number of aromatic nitrogens is 2. The molecule has 0 aliphatic rings. The molecule has 22 heavy (non-hydrogen) atoms. The molecule has 1 rings (SSSR count). The zero-order chi connectivity index (χ0) is 16.5. The van der Waals surface area contributed by atoms with Crippen molar-refractivity contribution >= 4 is 23.6 Å². The summed E-state index contributed by atoms with van der Waals surface area (Å²) < 4.78 is 5.41. The fraction of sp³-hybridized carbons (Fsp3) is 0.692. The zero-order valence-electron chi connectivity index (χ0n) is 13.4. The number of carbonyl (C=O) groups excluding carboxylic acids is 2. The number of carbonyl (C=O) groups is 2. The Labute approximate surface area is 134 Å². The molecule has 0 fully saturated rings. The number of quaternary nitrogens is 1. The van der Waals surface area contributed by atoms with E-state index in [9.17, 15) is 9.59 Å². The van der Waals surface area contributed by atoms with Crippen LogP contribution in [0.15, 0.2) is 9.64 Å². The first-order chi connectivity index (χ1) is 10.4. The number of nitrogens with zero attached hydrogens (tertiary/aromatic N) is 2. The van der Waals surface area contributed by atoms with Gasteiger partial charge in [-0.05, 0) is 13.3 Å². The summed E-state index contributed by atoms with van der Waals surface area (Å²) >= 11 is 1.15. The SMILES string of the molecule is CCCNC(=O)[C@@H](C)NC(=O)CSc1nnc(C[NH+](C)C)o1. The quantitative estimate of drug-likeness (QED) is 0.494. The summed E-state index contributed by atoms with van der Waals surface area (Å²) in [5.41, 5.74) is 0. The van der Waals surface area contributed by atoms with Gasteiger partial charge in [-0.15, -0.1) is 10.2 Å². The second-order valence-corrected chi connectivity index (χ2v) is 6.14. The predicted octanol–water partition coefficient (Wildman–Crippen LogP) is -1.16. The molecule has 1 aromatic rings. The molecule has 0 aliphatic heterocycles. The van der Waals surface area contributed by atoms with Crippen molar-refractivity contribution in [1.82, 2.24) is 20.8 Å². The highest BCUT2D eigenvalue weighted by molar-refractivity contribution is 7.99. The molecule has 1 heterocycles. The van der Waals surface area contributed by atoms with Gasteiger partial charge in [-0.25, -0.2) is 0 Å². The van der Waals surface area contributed by atoms with Gasteiger partial charge in [0.1, 0.15) is 6.04 Å². The van der Waals surface area contributed by atoms with E-state index in [-0.39, 0.29) is 17.6 Å². The molecule has 3 N–H and O–H groups in total. The second kappa shape index (κ2) is 9.42. The monoisotopic (exact) mass is 330 g/mol. The molecule has 0 radical (unpaired) electrons. The lowest BCUT2D eigenvalue weighted by Gasteiger charge is -2.13. The Hall–Kier alpha value is -1.61. The van der Waals surface area contributed by atoms with Crippen LogP contribution in [0.4, 0.5) is 0 Å². The third kappa shape index (κ3) is 6.90. The third-order valence-electron chi connectivity index (χ3n) is 2.60. The van der Waals surface area contributed by atoms with Crippen molar-refractivity contribution in [3.8, 4) is 0 Å². The van der Waals surface area contributed by atoms with Crippen molar-refractivity contribution in [3.63, 3.8) is 0 Å². The fourth-order valence-electron chi connectivity index (χ4n) is 1.55. The molecule has 8 nitrogen and oxygen atoms in total. The molecule has 0 spiro atoms. The second-order valence-electron chi connectivity index (χ2n) is 5.21. The van der Waals surface area contributed by atoms with Crippen molar-refractivity contribution in [2.24, 2.45) is 0 Å². The average molecular weight is 330 g/mol. The van der Waals surface area contributed by atoms with Gasteiger partial charge in [-0.3, -0.25) is 9.59 Å². The maximum atomic E-state index is 11.8. The molecule has 0 saturated carbocycles. The summed E-state index contributed by atoms with van der Waals surface area (Å²) in [6, 6.07) is -0.560. The largest absolute Gasteiger partial charge is 0.410 e. The third-order valence-corrected chi connectivity index (χ3v) is 3.42. The minimum atomic E-state index is -0.560. The van der Waals surface area contributed by atoms with Crippen LogP contribution in [-0.2, 0) is 16.1 Å². The van der Waals surface area contributed by atoms with Crippen molar-refractivity contribution < 1.29 is 18.9 Å². The van der Waals surface area contributed by atoms with Crippen molar-refractivity contribution in [1.29, 1.82) is 0 Å². The van der Waals surface area contributed by atoms with E-state index in [2.05, 4.69) is 20.8 Å². The number of thioether (sulfide) groups is 1. The van der Waals surface area contributed by atoms with Gasteiger partial charge in [0, 0.05) is 6.54 Å². The van der Waals surface area contributed by atoms with Gasteiger partial charge in [0.05, 0.1) is 19.8 Å². The lowest BCUT2D eigenvalue weighted by atomic mass is 10.3. The molecular formula is C13H24N5O3S+. The number of hydrogen-bond donors (Lipinski definition) is 3. The highest BCUT2D eigenvalue weighted by Crippen LogP contribution is 2.15. The Morgan fingerprint density at radius 2 is 2.09 bits per heavy atom. The van der Waals surface area contributed by atoms with Crippen LogP contribution in [0.25, 0.3) is 0 Å². The molecule has 1 atom stereocenters. The molecular weight excluding hydrogens is 306 g/mol. The summed E-state index contributed by atoms with van der Waals surface area (Å²) in [6.45, 7) is 4.86. The van der Waals surface area contributed by atoms with Crippen molar-refractivity contribution in [2.45, 2.75) is 38.1 Å². The van der Waals surface area contributed by atoms with Crippen LogP contribution in [0.2, 0.25) is 0 Å². The maximum Gasteiger partial charge on any atom is 0.277 e. The van der Waals surface area contributed by atoms with Crippen LogP contribution < -0.4 is 15.5 Å². The van der Waals surface area contributed by atoms with Crippen molar-refractivity contribution in [3.05, 3.63) is 5.89 Å². The molecule has 0 bridgehead atoms. The van der Waals surface area contributed by atoms with Gasteiger partial charge < -0.3 is 20.0 Å². The summed E-state index contributed by atoms with van der Waals surface area (Å²) in [6.07, 6.45) is 0.858. The minimum Gasteiger partial charge on any atom is -0.410 e. The van der Waals surface area contributed by atoms with Gasteiger partial charge in [-0.1, -0.05) is 18.7 Å². The van der Waals surface area contributed by atoms with Crippen LogP contribution in [0.3, 0.4) is 0 Å². The molecule has 0 aromatic carbocycles. The van der Waals surface area contributed by atoms with E-state index in [1.165, 1.54) is 4.90 Å². The Balaban J connectivity index is 2.33. The molecule has 0 aliphatic carbocycles. The molecule has 0 saturated heterocycles. The van der Waals surface area contributed by atoms with Gasteiger partial charge in [0.25, 0.3) is 11.1 Å². The van der Waals surface area contributed by atoms with E-state index in [0.29, 0.717) is 24.2 Å². The highest BCUT2D eigenvalue weighted by Gasteiger charge is 2.16. The van der Waals surface area contributed by atoms with E-state index in [4.69, 9.17) is 4.42 Å². The van der Waals surface area contributed by atoms with Gasteiger partial charge in [0.2, 0.25) is 11.8 Å². The lowest BCUT2D eigenvalue weighted by molar-refractivity contribution is -0.874. The first-order valence-corrected chi connectivity index (χ1v) is 8.22. The van der Waals surface area contributed by atoms with Crippen LogP contribution in [0, 0.1) is 0 Å². The first-order valence-electron chi connectivity index (χ1n) is 7.23. The van der Waals surface area contributed by atoms with Crippen LogP contribution in [0.5, 0.6) is 0 Å². The summed E-state index contributed by atoms with van der Waals surface area (Å²) in [7, 11) is 3.96. The van der Waals surface area contributed by atoms with E-state index < -0.39 is 6.04 Å². The van der Waals surface area contributed by atoms with E-state index in [1.54, 1.807) is 6.92 Å². The van der Waals surface area contributed by atoms with Crippen LogP contribution in [0.1, 0.15) is 26.2 Å². The topological polar surface area (TPSA) is 102 Å². The molecule has 2 amide bonds. The average Bonchev–Trinajstić information content (AvgIpc) is 2.89. The Kier molecular flexibility index (Phi) is 7.89. The predicted molar refractivity (Wildman–Crippen MR) is 82.4 cm³/mol. The Morgan fingerprint density at radius 1 is 1.36 bits per heavy atom. The minimum absolute atomic E-state index is 0.127. The molecule has 1 aromatic heterocycles. The van der Waals surface area contributed by atoms with Gasteiger partial charge >= 0.3 is 0 Å². The Morgan fingerprint density at radius 3 is 2.73 bits per heavy atom. The van der Waals surface area contributed by atoms with Crippen LogP contribution >= 0.6 is 11.8 Å². The number of rotatable bonds is 9. The fourth-order valence-corrected chi connectivity index (χ4v) is 2.14. The maximum absolute atomic E-state index is 11.8. The van der Waals surface area contributed by atoms with Crippen LogP contribution in [-0.4, -0.2) is 54.4 Å². The zero-order valence-corrected chi connectivity index (χ0v) is 14.2. The van der Waals surface area contributed by atoms with Gasteiger partial charge in [0.15, 0.2) is 6.54 Å².